The van der Waals surface area contributed by atoms with Gasteiger partial charge in [-0.25, -0.2) is 9.59 Å². The third-order valence-electron chi connectivity index (χ3n) is 3.34. The molecule has 0 aliphatic carbocycles. The van der Waals surface area contributed by atoms with E-state index >= 15 is 0 Å². The average molecular weight is 324 g/mol. The Hall–Kier alpha value is -3.08. The Morgan fingerprint density at radius 3 is 2.04 bits per heavy atom. The second kappa shape index (κ2) is 9.15. The molecule has 0 fully saturated rings. The van der Waals surface area contributed by atoms with Gasteiger partial charge >= 0.3 is 12.0 Å². The zero-order chi connectivity index (χ0) is 17.2. The highest BCUT2D eigenvalue weighted by atomic mass is 16.5. The Morgan fingerprint density at radius 2 is 1.54 bits per heavy atom. The summed E-state index contributed by atoms with van der Waals surface area (Å²) in [5.74, 6) is -0.511. The van der Waals surface area contributed by atoms with Gasteiger partial charge in [0.2, 0.25) is 0 Å². The lowest BCUT2D eigenvalue weighted by molar-refractivity contribution is -0.137. The molecule has 0 aromatic heterocycles. The molecule has 0 unspecified atom stereocenters. The Bertz CT molecular complexity index is 632. The Kier molecular flexibility index (Phi) is 6.58. The fourth-order valence-corrected chi connectivity index (χ4v) is 2.21. The fourth-order valence-electron chi connectivity index (χ4n) is 2.21. The molecular weight excluding hydrogens is 304 g/mol. The van der Waals surface area contributed by atoms with Gasteiger partial charge in [-0.1, -0.05) is 67.2 Å². The van der Waals surface area contributed by atoms with Gasteiger partial charge in [0.1, 0.15) is 6.61 Å². The van der Waals surface area contributed by atoms with Crippen LogP contribution in [0.15, 0.2) is 73.3 Å². The lowest BCUT2D eigenvalue weighted by atomic mass is 9.99. The minimum Gasteiger partial charge on any atom is -0.461 e. The van der Waals surface area contributed by atoms with E-state index in [4.69, 9.17) is 4.74 Å². The van der Waals surface area contributed by atoms with Crippen LogP contribution in [0, 0.1) is 0 Å². The number of rotatable bonds is 7. The summed E-state index contributed by atoms with van der Waals surface area (Å²) in [5.41, 5.74) is 1.97. The lowest BCUT2D eigenvalue weighted by Gasteiger charge is -2.20. The summed E-state index contributed by atoms with van der Waals surface area (Å²) in [6, 6.07) is 18.8. The van der Waals surface area contributed by atoms with Gasteiger partial charge in [-0.15, -0.1) is 0 Å². The van der Waals surface area contributed by atoms with E-state index in [0.29, 0.717) is 0 Å². The van der Waals surface area contributed by atoms with Crippen molar-refractivity contribution in [1.82, 2.24) is 10.6 Å². The molecule has 124 valence electrons. The molecule has 0 aliphatic rings. The summed E-state index contributed by atoms with van der Waals surface area (Å²) in [4.78, 5) is 23.1. The number of hydrogen-bond acceptors (Lipinski definition) is 3. The van der Waals surface area contributed by atoms with E-state index in [2.05, 4.69) is 17.2 Å². The first kappa shape index (κ1) is 17.3. The zero-order valence-corrected chi connectivity index (χ0v) is 13.3. The van der Waals surface area contributed by atoms with Crippen LogP contribution in [0.3, 0.4) is 0 Å². The monoisotopic (exact) mass is 324 g/mol. The summed E-state index contributed by atoms with van der Waals surface area (Å²) >= 11 is 0. The number of esters is 1. The molecule has 0 bridgehead atoms. The highest BCUT2D eigenvalue weighted by Gasteiger charge is 2.16. The first-order chi connectivity index (χ1) is 11.7. The SMILES string of the molecule is C=CC(=O)OCCNC(=O)NC(c1ccccc1)c1ccccc1. The quantitative estimate of drug-likeness (QED) is 0.467. The molecule has 0 saturated carbocycles. The molecule has 2 aromatic carbocycles. The lowest BCUT2D eigenvalue weighted by Crippen LogP contribution is -2.40. The first-order valence-electron chi connectivity index (χ1n) is 7.64. The molecule has 0 heterocycles. The van der Waals surface area contributed by atoms with E-state index in [-0.39, 0.29) is 25.2 Å². The zero-order valence-electron chi connectivity index (χ0n) is 13.3. The van der Waals surface area contributed by atoms with Crippen LogP contribution in [0.4, 0.5) is 4.79 Å². The molecule has 2 amide bonds. The molecule has 0 radical (unpaired) electrons. The summed E-state index contributed by atoms with van der Waals surface area (Å²) in [6.45, 7) is 3.63. The Morgan fingerprint density at radius 1 is 1.00 bits per heavy atom. The maximum Gasteiger partial charge on any atom is 0.330 e. The molecule has 0 saturated heterocycles. The van der Waals surface area contributed by atoms with Crippen molar-refractivity contribution < 1.29 is 14.3 Å². The predicted molar refractivity (Wildman–Crippen MR) is 92.4 cm³/mol. The second-order valence-corrected chi connectivity index (χ2v) is 5.03. The Balaban J connectivity index is 1.97. The second-order valence-electron chi connectivity index (χ2n) is 5.03. The molecule has 2 N–H and O–H groups in total. The van der Waals surface area contributed by atoms with Crippen LogP contribution >= 0.6 is 0 Å². The summed E-state index contributed by atoms with van der Waals surface area (Å²) < 4.78 is 4.82. The van der Waals surface area contributed by atoms with Gasteiger partial charge in [0.25, 0.3) is 0 Å². The molecule has 5 nitrogen and oxygen atoms in total. The van der Waals surface area contributed by atoms with Gasteiger partial charge < -0.3 is 15.4 Å². The number of ether oxygens (including phenoxy) is 1. The summed E-state index contributed by atoms with van der Waals surface area (Å²) in [5, 5.41) is 5.61. The highest BCUT2D eigenvalue weighted by Crippen LogP contribution is 2.21. The molecule has 0 atom stereocenters. The first-order valence-corrected chi connectivity index (χ1v) is 7.64. The predicted octanol–water partition coefficient (Wildman–Crippen LogP) is 2.80. The van der Waals surface area contributed by atoms with E-state index in [9.17, 15) is 9.59 Å². The number of nitrogens with one attached hydrogen (secondary N) is 2. The average Bonchev–Trinajstić information content (AvgIpc) is 2.64. The van der Waals surface area contributed by atoms with E-state index in [0.717, 1.165) is 17.2 Å². The van der Waals surface area contributed by atoms with E-state index in [1.807, 2.05) is 60.7 Å². The third kappa shape index (κ3) is 5.28. The van der Waals surface area contributed by atoms with Crippen LogP contribution < -0.4 is 10.6 Å². The number of hydrogen-bond donors (Lipinski definition) is 2. The van der Waals surface area contributed by atoms with Crippen molar-refractivity contribution in [3.8, 4) is 0 Å². The fraction of sp³-hybridized carbons (Fsp3) is 0.158. The van der Waals surface area contributed by atoms with Crippen molar-refractivity contribution in [2.24, 2.45) is 0 Å². The van der Waals surface area contributed by atoms with Crippen LogP contribution in [0.5, 0.6) is 0 Å². The molecular formula is C19H20N2O3. The normalized spacial score (nSPS) is 10.0. The van der Waals surface area contributed by atoms with Crippen molar-refractivity contribution in [3.63, 3.8) is 0 Å². The van der Waals surface area contributed by atoms with Gasteiger partial charge in [0.05, 0.1) is 12.6 Å². The van der Waals surface area contributed by atoms with Gasteiger partial charge in [0.15, 0.2) is 0 Å². The minimum absolute atomic E-state index is 0.0968. The van der Waals surface area contributed by atoms with Crippen LogP contribution in [0.2, 0.25) is 0 Å². The van der Waals surface area contributed by atoms with Crippen LogP contribution in [0.1, 0.15) is 17.2 Å². The summed E-state index contributed by atoms with van der Waals surface area (Å²) in [7, 11) is 0. The van der Waals surface area contributed by atoms with Crippen LogP contribution in [0.25, 0.3) is 0 Å². The molecule has 24 heavy (non-hydrogen) atoms. The molecule has 2 rings (SSSR count). The van der Waals surface area contributed by atoms with Gasteiger partial charge in [-0.05, 0) is 11.1 Å². The maximum absolute atomic E-state index is 12.1. The van der Waals surface area contributed by atoms with Crippen LogP contribution in [-0.2, 0) is 9.53 Å². The van der Waals surface area contributed by atoms with Crippen molar-refractivity contribution in [3.05, 3.63) is 84.4 Å². The van der Waals surface area contributed by atoms with E-state index in [1.54, 1.807) is 0 Å². The number of benzene rings is 2. The van der Waals surface area contributed by atoms with Gasteiger partial charge in [-0.2, -0.15) is 0 Å². The van der Waals surface area contributed by atoms with Gasteiger partial charge in [-0.3, -0.25) is 0 Å². The van der Waals surface area contributed by atoms with Crippen molar-refractivity contribution in [2.75, 3.05) is 13.2 Å². The van der Waals surface area contributed by atoms with Gasteiger partial charge in [0, 0.05) is 6.08 Å². The van der Waals surface area contributed by atoms with Crippen LogP contribution in [-0.4, -0.2) is 25.2 Å². The van der Waals surface area contributed by atoms with Crippen molar-refractivity contribution in [1.29, 1.82) is 0 Å². The standard InChI is InChI=1S/C19H20N2O3/c1-2-17(22)24-14-13-20-19(23)21-18(15-9-5-3-6-10-15)16-11-7-4-8-12-16/h2-12,18H,1,13-14H2,(H2,20,21,23). The summed E-state index contributed by atoms with van der Waals surface area (Å²) in [6.07, 6.45) is 1.08. The molecule has 0 spiro atoms. The smallest absolute Gasteiger partial charge is 0.330 e. The number of urea groups is 1. The highest BCUT2D eigenvalue weighted by molar-refractivity contribution is 5.81. The minimum atomic E-state index is -0.511. The maximum atomic E-state index is 12.1. The van der Waals surface area contributed by atoms with Crippen molar-refractivity contribution in [2.45, 2.75) is 6.04 Å². The van der Waals surface area contributed by atoms with E-state index in [1.165, 1.54) is 0 Å². The Labute approximate surface area is 141 Å². The number of amides is 2. The number of carbonyl (C=O) groups is 2. The number of carbonyl (C=O) groups excluding carboxylic acids is 2. The van der Waals surface area contributed by atoms with E-state index < -0.39 is 5.97 Å². The molecule has 5 heteroatoms. The third-order valence-corrected chi connectivity index (χ3v) is 3.34. The molecule has 2 aromatic rings. The largest absolute Gasteiger partial charge is 0.461 e. The topological polar surface area (TPSA) is 67.4 Å². The molecule has 0 aliphatic heterocycles. The van der Waals surface area contributed by atoms with Crippen molar-refractivity contribution >= 4 is 12.0 Å².